The third-order valence-corrected chi connectivity index (χ3v) is 4.98. The number of carbonyl (C=O) groups is 1. The van der Waals surface area contributed by atoms with Crippen LogP contribution in [0, 0.1) is 0 Å². The van der Waals surface area contributed by atoms with Crippen LogP contribution in [-0.2, 0) is 10.2 Å². The van der Waals surface area contributed by atoms with E-state index in [1.54, 1.807) is 0 Å². The highest BCUT2D eigenvalue weighted by atomic mass is 32.1. The van der Waals surface area contributed by atoms with Crippen molar-refractivity contribution >= 4 is 18.5 Å². The van der Waals surface area contributed by atoms with E-state index in [1.807, 2.05) is 4.90 Å². The maximum atomic E-state index is 12.0. The molecule has 1 aliphatic carbocycles. The van der Waals surface area contributed by atoms with Gasteiger partial charge < -0.3 is 4.90 Å². The first kappa shape index (κ1) is 13.0. The van der Waals surface area contributed by atoms with E-state index in [4.69, 9.17) is 0 Å². The fraction of sp³-hybridized carbons (Fsp3) is 0.562. The number of likely N-dealkylation sites (tertiary alicyclic amines) is 1. The van der Waals surface area contributed by atoms with Crippen molar-refractivity contribution in [2.75, 3.05) is 13.1 Å². The Balaban J connectivity index is 1.84. The molecule has 0 bridgehead atoms. The smallest absolute Gasteiger partial charge is 0.223 e. The zero-order valence-corrected chi connectivity index (χ0v) is 12.1. The van der Waals surface area contributed by atoms with Gasteiger partial charge in [0.2, 0.25) is 5.91 Å². The molecule has 3 heteroatoms. The lowest BCUT2D eigenvalue weighted by atomic mass is 9.78. The number of nitrogens with zero attached hydrogens (tertiary/aromatic N) is 1. The molecular weight excluding hydrogens is 254 g/mol. The van der Waals surface area contributed by atoms with Crippen LogP contribution in [-0.4, -0.2) is 29.1 Å². The Hall–Kier alpha value is -0.960. The Morgan fingerprint density at radius 3 is 2.47 bits per heavy atom. The van der Waals surface area contributed by atoms with Crippen LogP contribution in [0.1, 0.15) is 37.7 Å². The van der Waals surface area contributed by atoms with Gasteiger partial charge in [0.15, 0.2) is 0 Å². The van der Waals surface area contributed by atoms with E-state index in [1.165, 1.54) is 31.2 Å². The van der Waals surface area contributed by atoms with Gasteiger partial charge in [0.05, 0.1) is 0 Å². The van der Waals surface area contributed by atoms with Crippen LogP contribution in [0.2, 0.25) is 0 Å². The summed E-state index contributed by atoms with van der Waals surface area (Å²) in [5, 5.41) is 0.224. The van der Waals surface area contributed by atoms with E-state index in [0.717, 1.165) is 13.1 Å². The van der Waals surface area contributed by atoms with Crippen LogP contribution in [0.5, 0.6) is 0 Å². The Morgan fingerprint density at radius 2 is 1.89 bits per heavy atom. The van der Waals surface area contributed by atoms with E-state index in [-0.39, 0.29) is 16.6 Å². The highest BCUT2D eigenvalue weighted by molar-refractivity contribution is 7.81. The summed E-state index contributed by atoms with van der Waals surface area (Å²) in [5.41, 5.74) is 1.59. The molecule has 2 fully saturated rings. The van der Waals surface area contributed by atoms with Crippen LogP contribution in [0.3, 0.4) is 0 Å². The lowest BCUT2D eigenvalue weighted by Gasteiger charge is -2.34. The molecule has 19 heavy (non-hydrogen) atoms. The number of hydrogen-bond acceptors (Lipinski definition) is 2. The van der Waals surface area contributed by atoms with E-state index in [0.29, 0.717) is 6.42 Å². The average Bonchev–Trinajstić information content (AvgIpc) is 3.00. The predicted octanol–water partition coefficient (Wildman–Crippen LogP) is 3.03. The van der Waals surface area contributed by atoms with Crippen molar-refractivity contribution in [2.45, 2.75) is 42.8 Å². The molecule has 0 radical (unpaired) electrons. The molecule has 1 amide bonds. The summed E-state index contributed by atoms with van der Waals surface area (Å²) in [5.74, 6) is 0.280. The first-order valence-electron chi connectivity index (χ1n) is 7.21. The second-order valence-electron chi connectivity index (χ2n) is 5.99. The van der Waals surface area contributed by atoms with Crippen molar-refractivity contribution in [3.8, 4) is 0 Å². The second kappa shape index (κ2) is 5.20. The van der Waals surface area contributed by atoms with Gasteiger partial charge >= 0.3 is 0 Å². The molecule has 1 saturated carbocycles. The highest BCUT2D eigenvalue weighted by Gasteiger charge is 2.40. The zero-order valence-electron chi connectivity index (χ0n) is 11.2. The minimum absolute atomic E-state index is 0.189. The van der Waals surface area contributed by atoms with Gasteiger partial charge in [0.25, 0.3) is 0 Å². The zero-order chi connectivity index (χ0) is 13.3. The minimum atomic E-state index is 0.189. The van der Waals surface area contributed by atoms with Gasteiger partial charge in [-0.15, -0.1) is 0 Å². The molecule has 1 unspecified atom stereocenters. The normalized spacial score (nSPS) is 26.1. The summed E-state index contributed by atoms with van der Waals surface area (Å²) in [4.78, 5) is 14.1. The molecular formula is C16H21NOS. The molecule has 1 aromatic carbocycles. The Morgan fingerprint density at radius 1 is 1.21 bits per heavy atom. The minimum Gasteiger partial charge on any atom is -0.341 e. The van der Waals surface area contributed by atoms with Crippen LogP contribution in [0.25, 0.3) is 0 Å². The summed E-state index contributed by atoms with van der Waals surface area (Å²) in [6.45, 7) is 1.70. The molecule has 102 valence electrons. The first-order chi connectivity index (χ1) is 9.20. The third-order valence-electron chi connectivity index (χ3n) is 4.63. The molecule has 0 N–H and O–H groups in total. The van der Waals surface area contributed by atoms with E-state index in [2.05, 4.69) is 43.0 Å². The average molecular weight is 275 g/mol. The lowest BCUT2D eigenvalue weighted by Crippen LogP contribution is -2.40. The van der Waals surface area contributed by atoms with Gasteiger partial charge in [-0.3, -0.25) is 4.79 Å². The summed E-state index contributed by atoms with van der Waals surface area (Å²) in [7, 11) is 0. The fourth-order valence-electron chi connectivity index (χ4n) is 3.65. The van der Waals surface area contributed by atoms with E-state index >= 15 is 0 Å². The fourth-order valence-corrected chi connectivity index (χ4v) is 4.00. The number of carbonyl (C=O) groups excluding carboxylic acids is 1. The number of hydrogen-bond donors (Lipinski definition) is 1. The standard InChI is InChI=1S/C16H21NOS/c18-15-10-14(19)11-17(15)12-16(8-4-5-9-16)13-6-2-1-3-7-13/h1-3,6-7,14,19H,4-5,8-12H2. The van der Waals surface area contributed by atoms with Crippen molar-refractivity contribution in [2.24, 2.45) is 0 Å². The predicted molar refractivity (Wildman–Crippen MR) is 80.6 cm³/mol. The number of amides is 1. The summed E-state index contributed by atoms with van der Waals surface area (Å²) in [6.07, 6.45) is 5.58. The first-order valence-corrected chi connectivity index (χ1v) is 7.73. The summed E-state index contributed by atoms with van der Waals surface area (Å²) < 4.78 is 0. The summed E-state index contributed by atoms with van der Waals surface area (Å²) >= 11 is 4.46. The molecule has 0 spiro atoms. The molecule has 1 aromatic rings. The summed E-state index contributed by atoms with van der Waals surface area (Å²) in [6, 6.07) is 10.7. The van der Waals surface area contributed by atoms with Crippen molar-refractivity contribution in [1.29, 1.82) is 0 Å². The van der Waals surface area contributed by atoms with Crippen LogP contribution < -0.4 is 0 Å². The Bertz CT molecular complexity index is 453. The van der Waals surface area contributed by atoms with Crippen molar-refractivity contribution < 1.29 is 4.79 Å². The van der Waals surface area contributed by atoms with Gasteiger partial charge in [-0.25, -0.2) is 0 Å². The molecule has 1 aliphatic heterocycles. The largest absolute Gasteiger partial charge is 0.341 e. The Kier molecular flexibility index (Phi) is 3.57. The monoisotopic (exact) mass is 275 g/mol. The Labute approximate surface area is 120 Å². The van der Waals surface area contributed by atoms with Gasteiger partial charge in [-0.2, -0.15) is 12.6 Å². The number of rotatable bonds is 3. The van der Waals surface area contributed by atoms with Crippen molar-refractivity contribution in [3.63, 3.8) is 0 Å². The maximum Gasteiger partial charge on any atom is 0.223 e. The second-order valence-corrected chi connectivity index (χ2v) is 6.72. The molecule has 2 aliphatic rings. The van der Waals surface area contributed by atoms with Gasteiger partial charge in [0.1, 0.15) is 0 Å². The molecule has 2 nitrogen and oxygen atoms in total. The van der Waals surface area contributed by atoms with Gasteiger partial charge in [0, 0.05) is 30.2 Å². The molecule has 0 aromatic heterocycles. The molecule has 1 atom stereocenters. The molecule has 1 heterocycles. The highest BCUT2D eigenvalue weighted by Crippen LogP contribution is 2.42. The van der Waals surface area contributed by atoms with Crippen molar-refractivity contribution in [1.82, 2.24) is 4.90 Å². The maximum absolute atomic E-state index is 12.0. The van der Waals surface area contributed by atoms with Crippen molar-refractivity contribution in [3.05, 3.63) is 35.9 Å². The molecule has 3 rings (SSSR count). The molecule has 1 saturated heterocycles. The van der Waals surface area contributed by atoms with Crippen LogP contribution >= 0.6 is 12.6 Å². The topological polar surface area (TPSA) is 20.3 Å². The van der Waals surface area contributed by atoms with Crippen LogP contribution in [0.4, 0.5) is 0 Å². The quantitative estimate of drug-likeness (QED) is 0.841. The van der Waals surface area contributed by atoms with E-state index < -0.39 is 0 Å². The van der Waals surface area contributed by atoms with Crippen LogP contribution in [0.15, 0.2) is 30.3 Å². The lowest BCUT2D eigenvalue weighted by molar-refractivity contribution is -0.128. The van der Waals surface area contributed by atoms with Gasteiger partial charge in [-0.1, -0.05) is 43.2 Å². The van der Waals surface area contributed by atoms with E-state index in [9.17, 15) is 4.79 Å². The van der Waals surface area contributed by atoms with Gasteiger partial charge in [-0.05, 0) is 18.4 Å². The number of thiol groups is 1. The third kappa shape index (κ3) is 2.53. The SMILES string of the molecule is O=C1CC(S)CN1CC1(c2ccccc2)CCCC1. The number of benzene rings is 1.